The van der Waals surface area contributed by atoms with Gasteiger partial charge in [0, 0.05) is 31.7 Å². The van der Waals surface area contributed by atoms with E-state index in [9.17, 15) is 9.59 Å². The second-order valence-electron chi connectivity index (χ2n) is 6.50. The summed E-state index contributed by atoms with van der Waals surface area (Å²) < 4.78 is 5.29. The summed E-state index contributed by atoms with van der Waals surface area (Å²) >= 11 is 0. The summed E-state index contributed by atoms with van der Waals surface area (Å²) in [6, 6.07) is 16.9. The second kappa shape index (κ2) is 8.04. The van der Waals surface area contributed by atoms with Gasteiger partial charge in [0.25, 0.3) is 5.91 Å². The van der Waals surface area contributed by atoms with Crippen LogP contribution >= 0.6 is 0 Å². The molecule has 1 heterocycles. The summed E-state index contributed by atoms with van der Waals surface area (Å²) in [6.07, 6.45) is 1.35. The molecule has 136 valence electrons. The molecule has 1 aliphatic rings. The van der Waals surface area contributed by atoms with E-state index in [-0.39, 0.29) is 17.7 Å². The smallest absolute Gasteiger partial charge is 0.257 e. The fraction of sp³-hybridized carbons (Fsp3) is 0.333. The monoisotopic (exact) mass is 352 g/mol. The Bertz CT molecular complexity index is 768. The van der Waals surface area contributed by atoms with E-state index in [1.54, 1.807) is 24.1 Å². The Morgan fingerprint density at radius 3 is 2.27 bits per heavy atom. The number of anilines is 1. The SMILES string of the molecule is COc1ccccc1C(=O)N1CCC(C(=O)N(C)c2ccccc2)CC1. The van der Waals surface area contributed by atoms with Crippen LogP contribution < -0.4 is 9.64 Å². The molecule has 0 N–H and O–H groups in total. The molecule has 2 aromatic rings. The normalized spacial score (nSPS) is 14.8. The molecular weight excluding hydrogens is 328 g/mol. The third kappa shape index (κ3) is 3.72. The molecule has 0 saturated carbocycles. The van der Waals surface area contributed by atoms with E-state index < -0.39 is 0 Å². The Kier molecular flexibility index (Phi) is 5.56. The molecule has 26 heavy (non-hydrogen) atoms. The van der Waals surface area contributed by atoms with Crippen LogP contribution in [0, 0.1) is 5.92 Å². The largest absolute Gasteiger partial charge is 0.496 e. The molecule has 5 heteroatoms. The highest BCUT2D eigenvalue weighted by molar-refractivity contribution is 5.97. The average Bonchev–Trinajstić information content (AvgIpc) is 2.73. The zero-order valence-corrected chi connectivity index (χ0v) is 15.2. The molecule has 0 aliphatic carbocycles. The van der Waals surface area contributed by atoms with Crippen molar-refractivity contribution in [1.29, 1.82) is 0 Å². The molecule has 5 nitrogen and oxygen atoms in total. The minimum atomic E-state index is -0.0538. The average molecular weight is 352 g/mol. The predicted octanol–water partition coefficient (Wildman–Crippen LogP) is 3.21. The van der Waals surface area contributed by atoms with Crippen LogP contribution in [0.25, 0.3) is 0 Å². The molecular formula is C21H24N2O3. The van der Waals surface area contributed by atoms with Crippen molar-refractivity contribution in [2.24, 2.45) is 5.92 Å². The number of hydrogen-bond donors (Lipinski definition) is 0. The third-order valence-electron chi connectivity index (χ3n) is 4.94. The van der Waals surface area contributed by atoms with Gasteiger partial charge in [0.2, 0.25) is 5.91 Å². The van der Waals surface area contributed by atoms with Gasteiger partial charge >= 0.3 is 0 Å². The molecule has 0 unspecified atom stereocenters. The fourth-order valence-corrected chi connectivity index (χ4v) is 3.37. The molecule has 0 bridgehead atoms. The van der Waals surface area contributed by atoms with Gasteiger partial charge in [-0.15, -0.1) is 0 Å². The third-order valence-corrected chi connectivity index (χ3v) is 4.94. The summed E-state index contributed by atoms with van der Waals surface area (Å²) in [5.41, 5.74) is 1.46. The Hall–Kier alpha value is -2.82. The van der Waals surface area contributed by atoms with Gasteiger partial charge in [0.05, 0.1) is 12.7 Å². The van der Waals surface area contributed by atoms with Crippen molar-refractivity contribution in [2.45, 2.75) is 12.8 Å². The van der Waals surface area contributed by atoms with Crippen molar-refractivity contribution >= 4 is 17.5 Å². The molecule has 0 spiro atoms. The number of nitrogens with zero attached hydrogens (tertiary/aromatic N) is 2. The number of piperidine rings is 1. The lowest BCUT2D eigenvalue weighted by Gasteiger charge is -2.33. The number of hydrogen-bond acceptors (Lipinski definition) is 3. The van der Waals surface area contributed by atoms with Crippen LogP contribution in [0.15, 0.2) is 54.6 Å². The van der Waals surface area contributed by atoms with Gasteiger partial charge in [-0.3, -0.25) is 9.59 Å². The first kappa shape index (κ1) is 18.0. The molecule has 0 aromatic heterocycles. The lowest BCUT2D eigenvalue weighted by atomic mass is 9.94. The van der Waals surface area contributed by atoms with Crippen LogP contribution in [0.3, 0.4) is 0 Å². The Balaban J connectivity index is 1.62. The lowest BCUT2D eigenvalue weighted by Crippen LogP contribution is -2.43. The molecule has 1 aliphatic heterocycles. The van der Waals surface area contributed by atoms with Gasteiger partial charge in [-0.2, -0.15) is 0 Å². The number of carbonyl (C=O) groups excluding carboxylic acids is 2. The van der Waals surface area contributed by atoms with Crippen molar-refractivity contribution in [3.8, 4) is 5.75 Å². The van der Waals surface area contributed by atoms with Crippen molar-refractivity contribution < 1.29 is 14.3 Å². The topological polar surface area (TPSA) is 49.9 Å². The summed E-state index contributed by atoms with van der Waals surface area (Å²) in [5.74, 6) is 0.604. The Labute approximate surface area is 154 Å². The van der Waals surface area contributed by atoms with Crippen molar-refractivity contribution in [1.82, 2.24) is 4.90 Å². The van der Waals surface area contributed by atoms with Crippen LogP contribution in [-0.2, 0) is 4.79 Å². The van der Waals surface area contributed by atoms with Crippen molar-refractivity contribution in [3.05, 3.63) is 60.2 Å². The first-order valence-corrected chi connectivity index (χ1v) is 8.86. The standard InChI is InChI=1S/C21H24N2O3/c1-22(17-8-4-3-5-9-17)20(24)16-12-14-23(15-13-16)21(25)18-10-6-7-11-19(18)26-2/h3-11,16H,12-15H2,1-2H3. The molecule has 0 radical (unpaired) electrons. The van der Waals surface area contributed by atoms with E-state index in [1.807, 2.05) is 54.4 Å². The van der Waals surface area contributed by atoms with Crippen LogP contribution in [0.5, 0.6) is 5.75 Å². The van der Waals surface area contributed by atoms with Gasteiger partial charge < -0.3 is 14.5 Å². The molecule has 1 fully saturated rings. The van der Waals surface area contributed by atoms with E-state index in [0.29, 0.717) is 37.2 Å². The van der Waals surface area contributed by atoms with Gasteiger partial charge in [-0.25, -0.2) is 0 Å². The zero-order chi connectivity index (χ0) is 18.5. The maximum absolute atomic E-state index is 12.8. The zero-order valence-electron chi connectivity index (χ0n) is 15.2. The quantitative estimate of drug-likeness (QED) is 0.849. The minimum Gasteiger partial charge on any atom is -0.496 e. The van der Waals surface area contributed by atoms with Gasteiger partial charge in [0.1, 0.15) is 5.75 Å². The van der Waals surface area contributed by atoms with E-state index in [4.69, 9.17) is 4.74 Å². The molecule has 2 aromatic carbocycles. The Morgan fingerprint density at radius 1 is 1.00 bits per heavy atom. The number of para-hydroxylation sites is 2. The van der Waals surface area contributed by atoms with E-state index >= 15 is 0 Å². The van der Waals surface area contributed by atoms with Crippen LogP contribution in [-0.4, -0.2) is 44.0 Å². The number of likely N-dealkylation sites (tertiary alicyclic amines) is 1. The van der Waals surface area contributed by atoms with Gasteiger partial charge in [-0.1, -0.05) is 30.3 Å². The maximum atomic E-state index is 12.8. The van der Waals surface area contributed by atoms with Gasteiger partial charge in [-0.05, 0) is 37.1 Å². The highest BCUT2D eigenvalue weighted by Gasteiger charge is 2.30. The number of carbonyl (C=O) groups is 2. The molecule has 3 rings (SSSR count). The number of methoxy groups -OCH3 is 1. The van der Waals surface area contributed by atoms with E-state index in [0.717, 1.165) is 5.69 Å². The number of rotatable bonds is 4. The number of benzene rings is 2. The first-order valence-electron chi connectivity index (χ1n) is 8.86. The Morgan fingerprint density at radius 2 is 1.62 bits per heavy atom. The number of amides is 2. The molecule has 1 saturated heterocycles. The fourth-order valence-electron chi connectivity index (χ4n) is 3.37. The summed E-state index contributed by atoms with van der Waals surface area (Å²) in [5, 5.41) is 0. The molecule has 0 atom stereocenters. The highest BCUT2D eigenvalue weighted by Crippen LogP contribution is 2.25. The van der Waals surface area contributed by atoms with Gasteiger partial charge in [0.15, 0.2) is 0 Å². The maximum Gasteiger partial charge on any atom is 0.257 e. The summed E-state index contributed by atoms with van der Waals surface area (Å²) in [7, 11) is 3.38. The van der Waals surface area contributed by atoms with Crippen molar-refractivity contribution in [2.75, 3.05) is 32.1 Å². The van der Waals surface area contributed by atoms with E-state index in [1.165, 1.54) is 0 Å². The first-order chi connectivity index (χ1) is 12.6. The highest BCUT2D eigenvalue weighted by atomic mass is 16.5. The summed E-state index contributed by atoms with van der Waals surface area (Å²) in [4.78, 5) is 29.0. The lowest BCUT2D eigenvalue weighted by molar-refractivity contribution is -0.123. The predicted molar refractivity (Wildman–Crippen MR) is 101 cm³/mol. The number of ether oxygens (including phenoxy) is 1. The van der Waals surface area contributed by atoms with Crippen LogP contribution in [0.4, 0.5) is 5.69 Å². The van der Waals surface area contributed by atoms with Crippen LogP contribution in [0.1, 0.15) is 23.2 Å². The van der Waals surface area contributed by atoms with Crippen LogP contribution in [0.2, 0.25) is 0 Å². The van der Waals surface area contributed by atoms with E-state index in [2.05, 4.69) is 0 Å². The summed E-state index contributed by atoms with van der Waals surface area (Å²) in [6.45, 7) is 1.16. The molecule has 2 amide bonds. The second-order valence-corrected chi connectivity index (χ2v) is 6.50. The minimum absolute atomic E-state index is 0.0373. The van der Waals surface area contributed by atoms with Crippen molar-refractivity contribution in [3.63, 3.8) is 0 Å².